The van der Waals surface area contributed by atoms with E-state index in [2.05, 4.69) is 20.2 Å². The molecule has 0 atom stereocenters. The van der Waals surface area contributed by atoms with Crippen LogP contribution in [0.4, 0.5) is 0 Å². The summed E-state index contributed by atoms with van der Waals surface area (Å²) in [4.78, 5) is 22.4. The van der Waals surface area contributed by atoms with Crippen LogP contribution in [0, 0.1) is 6.92 Å². The zero-order valence-electron chi connectivity index (χ0n) is 8.97. The molecule has 0 radical (unpaired) electrons. The van der Waals surface area contributed by atoms with E-state index in [1.54, 1.807) is 29.5 Å². The van der Waals surface area contributed by atoms with E-state index in [4.69, 9.17) is 0 Å². The molecule has 1 N–H and O–H groups in total. The maximum Gasteiger partial charge on any atom is 0.291 e. The average Bonchev–Trinajstić information content (AvgIpc) is 2.88. The van der Waals surface area contributed by atoms with E-state index >= 15 is 0 Å². The van der Waals surface area contributed by atoms with E-state index in [9.17, 15) is 4.79 Å². The highest BCUT2D eigenvalue weighted by atomic mass is 32.1. The van der Waals surface area contributed by atoms with Gasteiger partial charge < -0.3 is 4.90 Å². The number of carbonyl (C=O) groups is 1. The summed E-state index contributed by atoms with van der Waals surface area (Å²) in [7, 11) is 1.72. The van der Waals surface area contributed by atoms with Crippen molar-refractivity contribution in [1.29, 1.82) is 0 Å². The van der Waals surface area contributed by atoms with Crippen LogP contribution in [-0.4, -0.2) is 38.0 Å². The minimum absolute atomic E-state index is 0.177. The van der Waals surface area contributed by atoms with Gasteiger partial charge in [-0.05, 0) is 6.92 Å². The number of nitrogens with one attached hydrogen (secondary N) is 1. The van der Waals surface area contributed by atoms with E-state index in [0.717, 1.165) is 9.88 Å². The summed E-state index contributed by atoms with van der Waals surface area (Å²) >= 11 is 1.58. The predicted octanol–water partition coefficient (Wildman–Crippen LogP) is 0.842. The van der Waals surface area contributed by atoms with Gasteiger partial charge in [0.2, 0.25) is 5.82 Å². The van der Waals surface area contributed by atoms with Crippen molar-refractivity contribution in [3.8, 4) is 0 Å². The number of hydrogen-bond donors (Lipinski definition) is 1. The highest BCUT2D eigenvalue weighted by Gasteiger charge is 2.15. The molecule has 0 aliphatic carbocycles. The Morgan fingerprint density at radius 2 is 2.38 bits per heavy atom. The third-order valence-electron chi connectivity index (χ3n) is 2.03. The second-order valence-corrected chi connectivity index (χ2v) is 4.66. The standard InChI is InChI=1S/C9H11N5OS/c1-6-10-3-7(16-6)4-14(2)9(15)8-11-5-12-13-8/h3,5H,4H2,1-2H3,(H,11,12,13). The molecule has 16 heavy (non-hydrogen) atoms. The molecule has 0 unspecified atom stereocenters. The third kappa shape index (κ3) is 2.25. The summed E-state index contributed by atoms with van der Waals surface area (Å²) in [6, 6.07) is 0. The average molecular weight is 237 g/mol. The molecule has 1 amide bonds. The smallest absolute Gasteiger partial charge is 0.291 e. The van der Waals surface area contributed by atoms with E-state index in [1.165, 1.54) is 6.33 Å². The summed E-state index contributed by atoms with van der Waals surface area (Å²) in [6.07, 6.45) is 3.10. The number of aromatic nitrogens is 4. The van der Waals surface area contributed by atoms with Crippen LogP contribution in [0.2, 0.25) is 0 Å². The Morgan fingerprint density at radius 1 is 1.56 bits per heavy atom. The summed E-state index contributed by atoms with van der Waals surface area (Å²) < 4.78 is 0. The fourth-order valence-electron chi connectivity index (χ4n) is 1.27. The molecular weight excluding hydrogens is 226 g/mol. The first-order valence-electron chi connectivity index (χ1n) is 4.69. The number of H-pyrrole nitrogens is 1. The molecule has 0 saturated heterocycles. The van der Waals surface area contributed by atoms with E-state index in [-0.39, 0.29) is 11.7 Å². The van der Waals surface area contributed by atoms with Gasteiger partial charge in [0.25, 0.3) is 5.91 Å². The molecule has 2 aromatic rings. The highest BCUT2D eigenvalue weighted by molar-refractivity contribution is 7.11. The molecule has 84 valence electrons. The Bertz CT molecular complexity index is 478. The van der Waals surface area contributed by atoms with Crippen molar-refractivity contribution in [3.05, 3.63) is 28.2 Å². The minimum Gasteiger partial charge on any atom is -0.334 e. The van der Waals surface area contributed by atoms with Gasteiger partial charge in [-0.2, -0.15) is 5.10 Å². The molecule has 6 nitrogen and oxygen atoms in total. The number of hydrogen-bond acceptors (Lipinski definition) is 5. The lowest BCUT2D eigenvalue weighted by Gasteiger charge is -2.13. The van der Waals surface area contributed by atoms with E-state index in [1.807, 2.05) is 6.92 Å². The van der Waals surface area contributed by atoms with Gasteiger partial charge in [0.1, 0.15) is 6.33 Å². The number of amides is 1. The maximum absolute atomic E-state index is 11.8. The van der Waals surface area contributed by atoms with Gasteiger partial charge in [0, 0.05) is 18.1 Å². The van der Waals surface area contributed by atoms with Crippen LogP contribution in [0.1, 0.15) is 20.5 Å². The number of thiazole rings is 1. The summed E-state index contributed by atoms with van der Waals surface area (Å²) in [6.45, 7) is 2.47. The summed E-state index contributed by atoms with van der Waals surface area (Å²) in [5, 5.41) is 7.18. The zero-order valence-corrected chi connectivity index (χ0v) is 9.78. The van der Waals surface area contributed by atoms with Gasteiger partial charge in [-0.25, -0.2) is 9.97 Å². The topological polar surface area (TPSA) is 74.8 Å². The SMILES string of the molecule is Cc1ncc(CN(C)C(=O)c2ncn[nH]2)s1. The van der Waals surface area contributed by atoms with Crippen LogP contribution in [-0.2, 0) is 6.54 Å². The molecule has 2 rings (SSSR count). The van der Waals surface area contributed by atoms with Gasteiger partial charge >= 0.3 is 0 Å². The van der Waals surface area contributed by atoms with Crippen molar-refractivity contribution in [2.75, 3.05) is 7.05 Å². The number of carbonyl (C=O) groups excluding carboxylic acids is 1. The Kier molecular flexibility index (Phi) is 2.95. The molecule has 0 bridgehead atoms. The quantitative estimate of drug-likeness (QED) is 0.858. The highest BCUT2D eigenvalue weighted by Crippen LogP contribution is 2.13. The van der Waals surface area contributed by atoms with Gasteiger partial charge in [-0.1, -0.05) is 0 Å². The normalized spacial score (nSPS) is 10.4. The van der Waals surface area contributed by atoms with E-state index < -0.39 is 0 Å². The van der Waals surface area contributed by atoms with Crippen molar-refractivity contribution in [2.45, 2.75) is 13.5 Å². The van der Waals surface area contributed by atoms with Gasteiger partial charge in [-0.3, -0.25) is 9.89 Å². The van der Waals surface area contributed by atoms with Gasteiger partial charge in [0.15, 0.2) is 0 Å². The molecule has 2 aromatic heterocycles. The van der Waals surface area contributed by atoms with Crippen molar-refractivity contribution >= 4 is 17.2 Å². The van der Waals surface area contributed by atoms with Crippen LogP contribution in [0.15, 0.2) is 12.5 Å². The fraction of sp³-hybridized carbons (Fsp3) is 0.333. The van der Waals surface area contributed by atoms with Crippen LogP contribution < -0.4 is 0 Å². The molecule has 7 heteroatoms. The molecule has 0 aliphatic heterocycles. The zero-order chi connectivity index (χ0) is 11.5. The number of rotatable bonds is 3. The third-order valence-corrected chi connectivity index (χ3v) is 2.92. The lowest BCUT2D eigenvalue weighted by atomic mass is 10.4. The second kappa shape index (κ2) is 4.40. The molecule has 2 heterocycles. The number of aryl methyl sites for hydroxylation is 1. The molecule has 0 spiro atoms. The van der Waals surface area contributed by atoms with Crippen LogP contribution in [0.5, 0.6) is 0 Å². The number of aromatic amines is 1. The molecule has 0 fully saturated rings. The molecular formula is C9H11N5OS. The van der Waals surface area contributed by atoms with Crippen molar-refractivity contribution in [1.82, 2.24) is 25.1 Å². The first kappa shape index (κ1) is 10.7. The minimum atomic E-state index is -0.177. The second-order valence-electron chi connectivity index (χ2n) is 3.34. The van der Waals surface area contributed by atoms with Crippen LogP contribution in [0.3, 0.4) is 0 Å². The largest absolute Gasteiger partial charge is 0.334 e. The predicted molar refractivity (Wildman–Crippen MR) is 59.0 cm³/mol. The fourth-order valence-corrected chi connectivity index (χ4v) is 2.12. The van der Waals surface area contributed by atoms with Gasteiger partial charge in [-0.15, -0.1) is 11.3 Å². The lowest BCUT2D eigenvalue weighted by molar-refractivity contribution is 0.0775. The maximum atomic E-state index is 11.8. The monoisotopic (exact) mass is 237 g/mol. The van der Waals surface area contributed by atoms with Crippen molar-refractivity contribution < 1.29 is 4.79 Å². The Labute approximate surface area is 96.3 Å². The van der Waals surface area contributed by atoms with Crippen molar-refractivity contribution in [2.24, 2.45) is 0 Å². The Morgan fingerprint density at radius 3 is 2.94 bits per heavy atom. The molecule has 0 aliphatic rings. The summed E-state index contributed by atoms with van der Waals surface area (Å²) in [5.74, 6) is 0.0762. The molecule has 0 saturated carbocycles. The molecule has 0 aromatic carbocycles. The van der Waals surface area contributed by atoms with Crippen molar-refractivity contribution in [3.63, 3.8) is 0 Å². The summed E-state index contributed by atoms with van der Waals surface area (Å²) in [5.41, 5.74) is 0. The number of nitrogens with zero attached hydrogens (tertiary/aromatic N) is 4. The van der Waals surface area contributed by atoms with E-state index in [0.29, 0.717) is 6.54 Å². The Hall–Kier alpha value is -1.76. The first-order valence-corrected chi connectivity index (χ1v) is 5.50. The lowest BCUT2D eigenvalue weighted by Crippen LogP contribution is -2.26. The first-order chi connectivity index (χ1) is 7.66. The van der Waals surface area contributed by atoms with Gasteiger partial charge in [0.05, 0.1) is 11.6 Å². The van der Waals surface area contributed by atoms with Crippen LogP contribution in [0.25, 0.3) is 0 Å². The Balaban J connectivity index is 2.03. The van der Waals surface area contributed by atoms with Crippen LogP contribution >= 0.6 is 11.3 Å².